The van der Waals surface area contributed by atoms with Crippen molar-refractivity contribution in [3.05, 3.63) is 69.9 Å². The first-order valence-corrected chi connectivity index (χ1v) is 8.81. The molecule has 0 aliphatic rings. The standard InChI is InChI=1S/C20H15F3N4O4/c1-19(29,11-26-7-6-12-3-5-15(27(30)31)9-17(12)26)18(28)25-14-4-2-13(10-24)16(8-14)20(21,22)23/h2-9,29H,11H2,1H3,(H,25,28)/t19-/m0/s1. The van der Waals surface area contributed by atoms with Crippen LogP contribution in [0.5, 0.6) is 0 Å². The molecule has 0 spiro atoms. The van der Waals surface area contributed by atoms with Crippen LogP contribution in [0.15, 0.2) is 48.7 Å². The summed E-state index contributed by atoms with van der Waals surface area (Å²) in [4.78, 5) is 23.0. The smallest absolute Gasteiger partial charge is 0.378 e. The predicted molar refractivity (Wildman–Crippen MR) is 104 cm³/mol. The first kappa shape index (κ1) is 21.8. The second-order valence-corrected chi connectivity index (χ2v) is 7.04. The minimum absolute atomic E-state index is 0.172. The van der Waals surface area contributed by atoms with Gasteiger partial charge in [-0.05, 0) is 37.3 Å². The van der Waals surface area contributed by atoms with Gasteiger partial charge in [-0.2, -0.15) is 18.4 Å². The number of nitriles is 1. The van der Waals surface area contributed by atoms with E-state index in [9.17, 15) is 33.2 Å². The second-order valence-electron chi connectivity index (χ2n) is 7.04. The summed E-state index contributed by atoms with van der Waals surface area (Å²) < 4.78 is 40.8. The molecule has 0 unspecified atom stereocenters. The van der Waals surface area contributed by atoms with Crippen LogP contribution < -0.4 is 5.32 Å². The monoisotopic (exact) mass is 432 g/mol. The molecule has 0 saturated carbocycles. The number of carbonyl (C=O) groups excluding carboxylic acids is 1. The van der Waals surface area contributed by atoms with E-state index in [2.05, 4.69) is 5.32 Å². The summed E-state index contributed by atoms with van der Waals surface area (Å²) >= 11 is 0. The largest absolute Gasteiger partial charge is 0.417 e. The molecule has 0 aliphatic carbocycles. The van der Waals surface area contributed by atoms with Crippen LogP contribution in [0.1, 0.15) is 18.1 Å². The number of fused-ring (bicyclic) bond motifs is 1. The Bertz CT molecular complexity index is 1230. The lowest BCUT2D eigenvalue weighted by molar-refractivity contribution is -0.384. The molecule has 11 heteroatoms. The molecule has 31 heavy (non-hydrogen) atoms. The molecule has 1 atom stereocenters. The van der Waals surface area contributed by atoms with Gasteiger partial charge >= 0.3 is 6.18 Å². The second kappa shape index (κ2) is 7.73. The van der Waals surface area contributed by atoms with Crippen LogP contribution in [0, 0.1) is 21.4 Å². The summed E-state index contributed by atoms with van der Waals surface area (Å²) in [5.74, 6) is -0.988. The summed E-state index contributed by atoms with van der Waals surface area (Å²) in [5, 5.41) is 33.3. The zero-order valence-electron chi connectivity index (χ0n) is 16.0. The van der Waals surface area contributed by atoms with Crippen molar-refractivity contribution in [2.75, 3.05) is 5.32 Å². The molecular weight excluding hydrogens is 417 g/mol. The number of halogens is 3. The van der Waals surface area contributed by atoms with Crippen molar-refractivity contribution in [3.63, 3.8) is 0 Å². The van der Waals surface area contributed by atoms with Crippen molar-refractivity contribution in [1.82, 2.24) is 4.57 Å². The number of anilines is 1. The molecule has 160 valence electrons. The van der Waals surface area contributed by atoms with Crippen LogP contribution in [0.2, 0.25) is 0 Å². The number of nitro groups is 1. The number of aromatic nitrogens is 1. The first-order chi connectivity index (χ1) is 14.4. The van der Waals surface area contributed by atoms with Crippen LogP contribution in [0.25, 0.3) is 10.9 Å². The molecule has 3 rings (SSSR count). The van der Waals surface area contributed by atoms with Crippen LogP contribution in [0.3, 0.4) is 0 Å². The lowest BCUT2D eigenvalue weighted by atomic mass is 10.0. The number of nitro benzene ring substituents is 1. The third-order valence-corrected chi connectivity index (χ3v) is 4.64. The van der Waals surface area contributed by atoms with Crippen LogP contribution in [-0.4, -0.2) is 26.1 Å². The highest BCUT2D eigenvalue weighted by Crippen LogP contribution is 2.34. The fraction of sp³-hybridized carbons (Fsp3) is 0.200. The maximum absolute atomic E-state index is 13.1. The molecular formula is C20H15F3N4O4. The molecule has 0 fully saturated rings. The van der Waals surface area contributed by atoms with E-state index in [0.29, 0.717) is 17.0 Å². The van der Waals surface area contributed by atoms with Gasteiger partial charge in [0.05, 0.1) is 34.2 Å². The number of hydrogen-bond acceptors (Lipinski definition) is 5. The number of nitrogens with one attached hydrogen (secondary N) is 1. The van der Waals surface area contributed by atoms with Gasteiger partial charge in [0, 0.05) is 29.4 Å². The summed E-state index contributed by atoms with van der Waals surface area (Å²) in [6.07, 6.45) is -3.27. The number of alkyl halides is 3. The molecule has 2 aromatic carbocycles. The van der Waals surface area contributed by atoms with Gasteiger partial charge in [-0.15, -0.1) is 0 Å². The fourth-order valence-corrected chi connectivity index (χ4v) is 3.05. The Morgan fingerprint density at radius 3 is 2.58 bits per heavy atom. The van der Waals surface area contributed by atoms with E-state index in [4.69, 9.17) is 5.26 Å². The Balaban J connectivity index is 1.86. The quantitative estimate of drug-likeness (QED) is 0.469. The molecule has 0 saturated heterocycles. The van der Waals surface area contributed by atoms with E-state index >= 15 is 0 Å². The lowest BCUT2D eigenvalue weighted by Gasteiger charge is -2.24. The SMILES string of the molecule is C[C@](O)(Cn1ccc2ccc([N+](=O)[O-])cc21)C(=O)Nc1ccc(C#N)c(C(F)(F)F)c1. The van der Waals surface area contributed by atoms with Crippen molar-refractivity contribution in [3.8, 4) is 6.07 Å². The predicted octanol–water partition coefficient (Wildman–Crippen LogP) is 3.83. The van der Waals surface area contributed by atoms with E-state index < -0.39 is 33.7 Å². The Hall–Kier alpha value is -3.91. The maximum Gasteiger partial charge on any atom is 0.417 e. The van der Waals surface area contributed by atoms with Crippen molar-refractivity contribution in [2.24, 2.45) is 0 Å². The van der Waals surface area contributed by atoms with Gasteiger partial charge in [-0.3, -0.25) is 14.9 Å². The van der Waals surface area contributed by atoms with Gasteiger partial charge in [0.25, 0.3) is 11.6 Å². The minimum atomic E-state index is -4.80. The maximum atomic E-state index is 13.1. The van der Waals surface area contributed by atoms with E-state index in [1.54, 1.807) is 6.07 Å². The van der Waals surface area contributed by atoms with Crippen molar-refractivity contribution in [2.45, 2.75) is 25.2 Å². The normalized spacial score (nSPS) is 13.4. The summed E-state index contributed by atoms with van der Waals surface area (Å²) in [5.41, 5.74) is -3.89. The molecule has 0 aliphatic heterocycles. The van der Waals surface area contributed by atoms with Gasteiger partial charge in [0.15, 0.2) is 5.60 Å². The number of benzene rings is 2. The van der Waals surface area contributed by atoms with Gasteiger partial charge < -0.3 is 15.0 Å². The zero-order valence-corrected chi connectivity index (χ0v) is 16.0. The average Bonchev–Trinajstić information content (AvgIpc) is 3.08. The lowest BCUT2D eigenvalue weighted by Crippen LogP contribution is -2.43. The fourth-order valence-electron chi connectivity index (χ4n) is 3.05. The number of non-ortho nitro benzene ring substituents is 1. The van der Waals surface area contributed by atoms with Gasteiger partial charge in [-0.25, -0.2) is 0 Å². The summed E-state index contributed by atoms with van der Waals surface area (Å²) in [7, 11) is 0. The number of rotatable bonds is 5. The molecule has 8 nitrogen and oxygen atoms in total. The van der Waals surface area contributed by atoms with Crippen LogP contribution in [0.4, 0.5) is 24.5 Å². The highest BCUT2D eigenvalue weighted by Gasteiger charge is 2.35. The Labute approximate surface area is 173 Å². The molecule has 1 aromatic heterocycles. The van der Waals surface area contributed by atoms with Crippen LogP contribution >= 0.6 is 0 Å². The number of carbonyl (C=O) groups is 1. The first-order valence-electron chi connectivity index (χ1n) is 8.81. The highest BCUT2D eigenvalue weighted by atomic mass is 19.4. The Kier molecular flexibility index (Phi) is 5.43. The third kappa shape index (κ3) is 4.49. The summed E-state index contributed by atoms with van der Waals surface area (Å²) in [6, 6.07) is 9.87. The van der Waals surface area contributed by atoms with Gasteiger partial charge in [0.1, 0.15) is 0 Å². The van der Waals surface area contributed by atoms with E-state index in [1.165, 1.54) is 42.0 Å². The molecule has 2 N–H and O–H groups in total. The average molecular weight is 432 g/mol. The Morgan fingerprint density at radius 1 is 1.26 bits per heavy atom. The highest BCUT2D eigenvalue weighted by molar-refractivity contribution is 5.97. The number of amides is 1. The number of hydrogen-bond donors (Lipinski definition) is 2. The number of nitrogens with zero attached hydrogens (tertiary/aromatic N) is 3. The van der Waals surface area contributed by atoms with Gasteiger partial charge in [0.2, 0.25) is 0 Å². The molecule has 0 bridgehead atoms. The van der Waals surface area contributed by atoms with Gasteiger partial charge in [-0.1, -0.05) is 0 Å². The van der Waals surface area contributed by atoms with Crippen molar-refractivity contribution < 1.29 is 28.0 Å². The number of aliphatic hydroxyl groups is 1. The molecule has 0 radical (unpaired) electrons. The zero-order chi connectivity index (χ0) is 23.0. The van der Waals surface area contributed by atoms with E-state index in [1.807, 2.05) is 0 Å². The molecule has 1 amide bonds. The van der Waals surface area contributed by atoms with E-state index in [0.717, 1.165) is 12.1 Å². The third-order valence-electron chi connectivity index (χ3n) is 4.64. The minimum Gasteiger partial charge on any atom is -0.378 e. The summed E-state index contributed by atoms with van der Waals surface area (Å²) in [6.45, 7) is 0.853. The topological polar surface area (TPSA) is 121 Å². The van der Waals surface area contributed by atoms with E-state index in [-0.39, 0.29) is 17.9 Å². The molecule has 3 aromatic rings. The Morgan fingerprint density at radius 2 is 1.97 bits per heavy atom. The van der Waals surface area contributed by atoms with Crippen LogP contribution in [-0.2, 0) is 17.5 Å². The van der Waals surface area contributed by atoms with Crippen molar-refractivity contribution in [1.29, 1.82) is 5.26 Å². The van der Waals surface area contributed by atoms with Crippen molar-refractivity contribution >= 4 is 28.2 Å². The molecule has 1 heterocycles.